The van der Waals surface area contributed by atoms with Crippen molar-refractivity contribution in [1.82, 2.24) is 0 Å². The predicted octanol–water partition coefficient (Wildman–Crippen LogP) is 1.04. The van der Waals surface area contributed by atoms with Crippen LogP contribution in [-0.2, 0) is 14.3 Å². The van der Waals surface area contributed by atoms with Crippen LogP contribution >= 0.6 is 0 Å². The average molecular weight is 277 g/mol. The highest BCUT2D eigenvalue weighted by atomic mass is 16.5. The molecule has 0 bridgehead atoms. The first-order chi connectivity index (χ1) is 9.55. The van der Waals surface area contributed by atoms with Gasteiger partial charge >= 0.3 is 11.9 Å². The second-order valence-corrected chi connectivity index (χ2v) is 4.46. The van der Waals surface area contributed by atoms with Gasteiger partial charge in [0.2, 0.25) is 0 Å². The number of ether oxygens (including phenoxy) is 2. The van der Waals surface area contributed by atoms with Crippen molar-refractivity contribution in [1.29, 1.82) is 0 Å². The molecule has 1 aliphatic rings. The summed E-state index contributed by atoms with van der Waals surface area (Å²) in [6, 6.07) is 4.63. The third kappa shape index (κ3) is 2.79. The second-order valence-electron chi connectivity index (χ2n) is 4.46. The molecule has 1 aromatic rings. The largest absolute Gasteiger partial charge is 0.465 e. The van der Waals surface area contributed by atoms with Gasteiger partial charge in [0.1, 0.15) is 0 Å². The molecule has 0 spiro atoms. The molecule has 20 heavy (non-hydrogen) atoms. The van der Waals surface area contributed by atoms with Crippen molar-refractivity contribution in [3.8, 4) is 0 Å². The lowest BCUT2D eigenvalue weighted by Gasteiger charge is -2.18. The van der Waals surface area contributed by atoms with Crippen LogP contribution in [0, 0.1) is 0 Å². The summed E-state index contributed by atoms with van der Waals surface area (Å²) in [6.07, 6.45) is 0.468. The summed E-state index contributed by atoms with van der Waals surface area (Å²) in [5.74, 6) is -0.946. The van der Waals surface area contributed by atoms with Crippen molar-refractivity contribution in [2.75, 3.05) is 32.2 Å². The molecular weight excluding hydrogens is 262 g/mol. The summed E-state index contributed by atoms with van der Waals surface area (Å²) in [5.41, 5.74) is 1.15. The molecule has 2 rings (SSSR count). The van der Waals surface area contributed by atoms with Gasteiger partial charge in [-0.25, -0.2) is 9.59 Å². The molecule has 0 atom stereocenters. The third-order valence-electron chi connectivity index (χ3n) is 3.15. The smallest absolute Gasteiger partial charge is 0.337 e. The standard InChI is InChI=1S/C14H15NO5/c1-19-13(17)9-5-10(14(18)20-2)7-11(6-9)15-4-3-12(16)8-15/h5-7H,3-4,8H2,1-2H3. The van der Waals surface area contributed by atoms with Gasteiger partial charge in [-0.15, -0.1) is 0 Å². The maximum Gasteiger partial charge on any atom is 0.337 e. The summed E-state index contributed by atoms with van der Waals surface area (Å²) in [7, 11) is 2.54. The Hall–Kier alpha value is -2.37. The van der Waals surface area contributed by atoms with E-state index in [1.54, 1.807) is 12.1 Å². The van der Waals surface area contributed by atoms with Crippen LogP contribution in [0.15, 0.2) is 18.2 Å². The van der Waals surface area contributed by atoms with Crippen LogP contribution in [0.5, 0.6) is 0 Å². The van der Waals surface area contributed by atoms with Crippen molar-refractivity contribution >= 4 is 23.4 Å². The SMILES string of the molecule is COC(=O)c1cc(C(=O)OC)cc(N2CCC(=O)C2)c1. The topological polar surface area (TPSA) is 72.9 Å². The number of methoxy groups -OCH3 is 2. The van der Waals surface area contributed by atoms with Crippen LogP contribution in [0.3, 0.4) is 0 Å². The molecule has 1 saturated heterocycles. The summed E-state index contributed by atoms with van der Waals surface area (Å²) in [6.45, 7) is 0.856. The number of hydrogen-bond donors (Lipinski definition) is 0. The first-order valence-electron chi connectivity index (χ1n) is 6.13. The van der Waals surface area contributed by atoms with Gasteiger partial charge in [0, 0.05) is 18.7 Å². The second kappa shape index (κ2) is 5.73. The van der Waals surface area contributed by atoms with Crippen LogP contribution in [0.1, 0.15) is 27.1 Å². The molecule has 106 valence electrons. The fraction of sp³-hybridized carbons (Fsp3) is 0.357. The number of Topliss-reactive ketones (excluding diaryl/α,β-unsaturated/α-hetero) is 1. The minimum atomic E-state index is -0.539. The first kappa shape index (κ1) is 14.0. The molecule has 0 aliphatic carbocycles. The molecule has 0 radical (unpaired) electrons. The molecule has 0 aromatic heterocycles. The number of hydrogen-bond acceptors (Lipinski definition) is 6. The lowest BCUT2D eigenvalue weighted by atomic mass is 10.1. The Balaban J connectivity index is 2.42. The van der Waals surface area contributed by atoms with E-state index in [1.165, 1.54) is 20.3 Å². The molecule has 1 heterocycles. The van der Waals surface area contributed by atoms with E-state index < -0.39 is 11.9 Å². The van der Waals surface area contributed by atoms with E-state index >= 15 is 0 Å². The van der Waals surface area contributed by atoms with Gasteiger partial charge in [-0.05, 0) is 18.2 Å². The van der Waals surface area contributed by atoms with E-state index in [-0.39, 0.29) is 23.5 Å². The van der Waals surface area contributed by atoms with Gasteiger partial charge in [-0.1, -0.05) is 0 Å². The highest BCUT2D eigenvalue weighted by Gasteiger charge is 2.22. The highest BCUT2D eigenvalue weighted by molar-refractivity contribution is 5.97. The van der Waals surface area contributed by atoms with Crippen LogP contribution in [0.2, 0.25) is 0 Å². The zero-order valence-corrected chi connectivity index (χ0v) is 11.3. The number of nitrogens with zero attached hydrogens (tertiary/aromatic N) is 1. The molecule has 0 unspecified atom stereocenters. The molecule has 1 aliphatic heterocycles. The maximum absolute atomic E-state index is 11.6. The van der Waals surface area contributed by atoms with Gasteiger partial charge in [-0.2, -0.15) is 0 Å². The highest BCUT2D eigenvalue weighted by Crippen LogP contribution is 2.23. The molecule has 0 N–H and O–H groups in total. The summed E-state index contributed by atoms with van der Waals surface area (Å²) in [5, 5.41) is 0. The van der Waals surface area contributed by atoms with Gasteiger partial charge in [0.05, 0.1) is 31.9 Å². The Labute approximate surface area is 116 Å². The van der Waals surface area contributed by atoms with E-state index in [0.717, 1.165) is 0 Å². The Morgan fingerprint density at radius 1 is 1.05 bits per heavy atom. The number of rotatable bonds is 3. The van der Waals surface area contributed by atoms with Crippen LogP contribution < -0.4 is 4.90 Å². The van der Waals surface area contributed by atoms with E-state index in [1.807, 2.05) is 4.90 Å². The van der Waals surface area contributed by atoms with Crippen molar-refractivity contribution in [3.63, 3.8) is 0 Å². The van der Waals surface area contributed by atoms with Crippen LogP contribution in [0.4, 0.5) is 5.69 Å². The van der Waals surface area contributed by atoms with Gasteiger partial charge in [0.25, 0.3) is 0 Å². The van der Waals surface area contributed by atoms with Crippen molar-refractivity contribution in [2.45, 2.75) is 6.42 Å². The zero-order chi connectivity index (χ0) is 14.7. The minimum absolute atomic E-state index is 0.132. The minimum Gasteiger partial charge on any atom is -0.465 e. The summed E-state index contributed by atoms with van der Waals surface area (Å²) >= 11 is 0. The Morgan fingerprint density at radius 2 is 1.60 bits per heavy atom. The molecular formula is C14H15NO5. The lowest BCUT2D eigenvalue weighted by molar-refractivity contribution is -0.116. The number of anilines is 1. The van der Waals surface area contributed by atoms with Gasteiger partial charge in [-0.3, -0.25) is 4.79 Å². The molecule has 6 heteroatoms. The van der Waals surface area contributed by atoms with E-state index in [9.17, 15) is 14.4 Å². The molecule has 1 fully saturated rings. The lowest BCUT2D eigenvalue weighted by Crippen LogP contribution is -2.21. The number of benzene rings is 1. The Kier molecular flexibility index (Phi) is 4.02. The molecule has 1 aromatic carbocycles. The van der Waals surface area contributed by atoms with Crippen LogP contribution in [-0.4, -0.2) is 45.0 Å². The van der Waals surface area contributed by atoms with Crippen molar-refractivity contribution in [2.24, 2.45) is 0 Å². The quantitative estimate of drug-likeness (QED) is 0.769. The fourth-order valence-electron chi connectivity index (χ4n) is 2.12. The number of esters is 2. The normalized spacial score (nSPS) is 14.3. The number of carbonyl (C=O) groups is 3. The van der Waals surface area contributed by atoms with Gasteiger partial charge in [0.15, 0.2) is 5.78 Å². The zero-order valence-electron chi connectivity index (χ0n) is 11.3. The van der Waals surface area contributed by atoms with E-state index in [0.29, 0.717) is 18.7 Å². The van der Waals surface area contributed by atoms with Crippen LogP contribution in [0.25, 0.3) is 0 Å². The molecule has 0 saturated carbocycles. The first-order valence-corrected chi connectivity index (χ1v) is 6.13. The summed E-state index contributed by atoms with van der Waals surface area (Å²) < 4.78 is 9.33. The van der Waals surface area contributed by atoms with Crippen molar-refractivity contribution in [3.05, 3.63) is 29.3 Å². The summed E-state index contributed by atoms with van der Waals surface area (Å²) in [4.78, 5) is 36.5. The van der Waals surface area contributed by atoms with Gasteiger partial charge < -0.3 is 14.4 Å². The Bertz CT molecular complexity index is 532. The average Bonchev–Trinajstić information content (AvgIpc) is 2.91. The fourth-order valence-corrected chi connectivity index (χ4v) is 2.12. The monoisotopic (exact) mass is 277 g/mol. The van der Waals surface area contributed by atoms with E-state index in [4.69, 9.17) is 0 Å². The van der Waals surface area contributed by atoms with Crippen molar-refractivity contribution < 1.29 is 23.9 Å². The third-order valence-corrected chi connectivity index (χ3v) is 3.15. The molecule has 0 amide bonds. The predicted molar refractivity (Wildman–Crippen MR) is 71.0 cm³/mol. The maximum atomic E-state index is 11.6. The number of carbonyl (C=O) groups excluding carboxylic acids is 3. The number of ketones is 1. The Morgan fingerprint density at radius 3 is 2.00 bits per heavy atom. The molecule has 6 nitrogen and oxygen atoms in total. The van der Waals surface area contributed by atoms with E-state index in [2.05, 4.69) is 9.47 Å².